The number of benzene rings is 1. The highest BCUT2D eigenvalue weighted by atomic mass is 79.9. The summed E-state index contributed by atoms with van der Waals surface area (Å²) >= 11 is 3.53. The Morgan fingerprint density at radius 2 is 2.22 bits per heavy atom. The highest BCUT2D eigenvalue weighted by Gasteiger charge is 2.29. The number of nitrogens with zero attached hydrogens (tertiary/aromatic N) is 1. The molecule has 4 heteroatoms. The quantitative estimate of drug-likeness (QED) is 0.858. The van der Waals surface area contributed by atoms with Crippen molar-refractivity contribution in [3.63, 3.8) is 0 Å². The van der Waals surface area contributed by atoms with Crippen molar-refractivity contribution in [2.75, 3.05) is 13.7 Å². The summed E-state index contributed by atoms with van der Waals surface area (Å²) in [5, 5.41) is 0. The molecule has 0 saturated carbocycles. The highest BCUT2D eigenvalue weighted by Crippen LogP contribution is 2.28. The number of likely N-dealkylation sites (N-methyl/N-ethyl adjacent to an activating group) is 1. The van der Waals surface area contributed by atoms with Crippen LogP contribution in [0.15, 0.2) is 28.7 Å². The van der Waals surface area contributed by atoms with Crippen LogP contribution in [-0.4, -0.2) is 30.6 Å². The molecule has 1 aliphatic rings. The van der Waals surface area contributed by atoms with Crippen molar-refractivity contribution < 1.29 is 9.53 Å². The van der Waals surface area contributed by atoms with Gasteiger partial charge in [0.1, 0.15) is 6.10 Å². The predicted molar refractivity (Wildman–Crippen MR) is 74.3 cm³/mol. The lowest BCUT2D eigenvalue weighted by Crippen LogP contribution is -2.37. The fourth-order valence-electron chi connectivity index (χ4n) is 2.21. The Bertz CT molecular complexity index is 430. The van der Waals surface area contributed by atoms with Crippen LogP contribution in [0, 0.1) is 0 Å². The average molecular weight is 312 g/mol. The van der Waals surface area contributed by atoms with Gasteiger partial charge in [-0.15, -0.1) is 0 Å². The lowest BCUT2D eigenvalue weighted by molar-refractivity contribution is -0.141. The molecule has 1 saturated heterocycles. The van der Waals surface area contributed by atoms with Crippen LogP contribution >= 0.6 is 15.9 Å². The molecule has 1 aromatic carbocycles. The van der Waals surface area contributed by atoms with Gasteiger partial charge in [-0.05, 0) is 31.4 Å². The van der Waals surface area contributed by atoms with Crippen molar-refractivity contribution in [3.8, 4) is 0 Å². The molecule has 1 amide bonds. The Balaban J connectivity index is 2.10. The standard InChI is InChI=1S/C14H18BrNO2/c1-10(11-6-3-4-7-12(11)15)16(2)14(17)13-8-5-9-18-13/h3-4,6-7,10,13H,5,8-9H2,1-2H3/t10-,13-/m0/s1. The van der Waals surface area contributed by atoms with Crippen LogP contribution in [0.5, 0.6) is 0 Å². The molecule has 0 radical (unpaired) electrons. The van der Waals surface area contributed by atoms with E-state index in [9.17, 15) is 4.79 Å². The molecule has 0 bridgehead atoms. The van der Waals surface area contributed by atoms with E-state index in [1.54, 1.807) is 4.90 Å². The second-order valence-electron chi connectivity index (χ2n) is 4.65. The number of hydrogen-bond acceptors (Lipinski definition) is 2. The Hall–Kier alpha value is -0.870. The molecule has 1 heterocycles. The van der Waals surface area contributed by atoms with E-state index in [-0.39, 0.29) is 18.1 Å². The van der Waals surface area contributed by atoms with Crippen molar-refractivity contribution in [1.82, 2.24) is 4.90 Å². The first kappa shape index (κ1) is 13.6. The zero-order valence-corrected chi connectivity index (χ0v) is 12.3. The van der Waals surface area contributed by atoms with Gasteiger partial charge in [0.25, 0.3) is 5.91 Å². The molecule has 1 aromatic rings. The molecular formula is C14H18BrNO2. The number of halogens is 1. The van der Waals surface area contributed by atoms with Crippen LogP contribution in [-0.2, 0) is 9.53 Å². The number of ether oxygens (including phenoxy) is 1. The van der Waals surface area contributed by atoms with Crippen molar-refractivity contribution in [2.45, 2.75) is 31.9 Å². The summed E-state index contributed by atoms with van der Waals surface area (Å²) in [6.45, 7) is 2.74. The Morgan fingerprint density at radius 3 is 2.83 bits per heavy atom. The summed E-state index contributed by atoms with van der Waals surface area (Å²) in [6.07, 6.45) is 1.57. The highest BCUT2D eigenvalue weighted by molar-refractivity contribution is 9.10. The van der Waals surface area contributed by atoms with Crippen molar-refractivity contribution >= 4 is 21.8 Å². The maximum atomic E-state index is 12.3. The van der Waals surface area contributed by atoms with Gasteiger partial charge in [0.05, 0.1) is 6.04 Å². The first-order chi connectivity index (χ1) is 8.61. The SMILES string of the molecule is C[C@@H](c1ccccc1Br)N(C)C(=O)[C@@H]1CCCO1. The van der Waals surface area contributed by atoms with Gasteiger partial charge in [-0.25, -0.2) is 0 Å². The number of carbonyl (C=O) groups is 1. The topological polar surface area (TPSA) is 29.5 Å². The third kappa shape index (κ3) is 2.75. The second kappa shape index (κ2) is 5.85. The lowest BCUT2D eigenvalue weighted by Gasteiger charge is -2.28. The molecule has 2 atom stereocenters. The van der Waals surface area contributed by atoms with Crippen LogP contribution in [0.25, 0.3) is 0 Å². The summed E-state index contributed by atoms with van der Waals surface area (Å²) in [5.41, 5.74) is 1.12. The van der Waals surface area contributed by atoms with E-state index in [4.69, 9.17) is 4.74 Å². The molecule has 0 unspecified atom stereocenters. The maximum absolute atomic E-state index is 12.3. The first-order valence-electron chi connectivity index (χ1n) is 6.24. The Morgan fingerprint density at radius 1 is 1.50 bits per heavy atom. The first-order valence-corrected chi connectivity index (χ1v) is 7.03. The number of amides is 1. The van der Waals surface area contributed by atoms with E-state index in [1.165, 1.54) is 0 Å². The molecule has 1 fully saturated rings. The van der Waals surface area contributed by atoms with Gasteiger partial charge in [-0.3, -0.25) is 4.79 Å². The minimum Gasteiger partial charge on any atom is -0.368 e. The monoisotopic (exact) mass is 311 g/mol. The lowest BCUT2D eigenvalue weighted by atomic mass is 10.1. The third-order valence-electron chi connectivity index (χ3n) is 3.49. The minimum atomic E-state index is -0.250. The largest absolute Gasteiger partial charge is 0.368 e. The molecule has 98 valence electrons. The molecular weight excluding hydrogens is 294 g/mol. The van der Waals surface area contributed by atoms with E-state index in [1.807, 2.05) is 38.2 Å². The molecule has 18 heavy (non-hydrogen) atoms. The smallest absolute Gasteiger partial charge is 0.251 e. The Labute approximate surface area is 116 Å². The normalized spacial score (nSPS) is 20.7. The van der Waals surface area contributed by atoms with Crippen LogP contribution in [0.1, 0.15) is 31.4 Å². The van der Waals surface area contributed by atoms with Gasteiger partial charge < -0.3 is 9.64 Å². The van der Waals surface area contributed by atoms with Gasteiger partial charge in [0, 0.05) is 18.1 Å². The second-order valence-corrected chi connectivity index (χ2v) is 5.50. The van der Waals surface area contributed by atoms with Gasteiger partial charge in [0.2, 0.25) is 0 Å². The van der Waals surface area contributed by atoms with E-state index < -0.39 is 0 Å². The molecule has 0 N–H and O–H groups in total. The van der Waals surface area contributed by atoms with E-state index >= 15 is 0 Å². The summed E-state index contributed by atoms with van der Waals surface area (Å²) in [6, 6.07) is 8.03. The summed E-state index contributed by atoms with van der Waals surface area (Å²) in [4.78, 5) is 14.0. The van der Waals surface area contributed by atoms with Gasteiger partial charge in [0.15, 0.2) is 0 Å². The number of hydrogen-bond donors (Lipinski definition) is 0. The van der Waals surface area contributed by atoms with Crippen LogP contribution in [0.3, 0.4) is 0 Å². The van der Waals surface area contributed by atoms with Crippen LogP contribution in [0.4, 0.5) is 0 Å². The molecule has 0 aromatic heterocycles. The number of carbonyl (C=O) groups excluding carboxylic acids is 1. The predicted octanol–water partition coefficient (Wildman–Crippen LogP) is 3.15. The summed E-state index contributed by atoms with van der Waals surface area (Å²) in [7, 11) is 1.84. The maximum Gasteiger partial charge on any atom is 0.251 e. The van der Waals surface area contributed by atoms with Crippen molar-refractivity contribution in [1.29, 1.82) is 0 Å². The molecule has 1 aliphatic heterocycles. The van der Waals surface area contributed by atoms with Crippen LogP contribution < -0.4 is 0 Å². The fraction of sp³-hybridized carbons (Fsp3) is 0.500. The zero-order chi connectivity index (χ0) is 13.1. The van der Waals surface area contributed by atoms with Crippen molar-refractivity contribution in [3.05, 3.63) is 34.3 Å². The zero-order valence-electron chi connectivity index (χ0n) is 10.7. The molecule has 3 nitrogen and oxygen atoms in total. The average Bonchev–Trinajstić information content (AvgIpc) is 2.90. The number of rotatable bonds is 3. The van der Waals surface area contributed by atoms with Gasteiger partial charge >= 0.3 is 0 Å². The third-order valence-corrected chi connectivity index (χ3v) is 4.21. The molecule has 0 spiro atoms. The van der Waals surface area contributed by atoms with E-state index in [0.717, 1.165) is 22.9 Å². The molecule has 2 rings (SSSR count). The fourth-order valence-corrected chi connectivity index (χ4v) is 2.83. The minimum absolute atomic E-state index is 0.0391. The Kier molecular flexibility index (Phi) is 4.40. The summed E-state index contributed by atoms with van der Waals surface area (Å²) in [5.74, 6) is 0.0794. The molecule has 0 aliphatic carbocycles. The van der Waals surface area contributed by atoms with Gasteiger partial charge in [-0.2, -0.15) is 0 Å². The van der Waals surface area contributed by atoms with E-state index in [0.29, 0.717) is 6.61 Å². The van der Waals surface area contributed by atoms with Crippen LogP contribution in [0.2, 0.25) is 0 Å². The summed E-state index contributed by atoms with van der Waals surface area (Å²) < 4.78 is 6.48. The van der Waals surface area contributed by atoms with E-state index in [2.05, 4.69) is 15.9 Å². The van der Waals surface area contributed by atoms with Gasteiger partial charge in [-0.1, -0.05) is 34.1 Å². The van der Waals surface area contributed by atoms with Crippen molar-refractivity contribution in [2.24, 2.45) is 0 Å².